The number of methoxy groups -OCH3 is 1. The smallest absolute Gasteiger partial charge is 0.268 e. The van der Waals surface area contributed by atoms with Crippen molar-refractivity contribution in [2.45, 2.75) is 31.2 Å². The Morgan fingerprint density at radius 1 is 1.14 bits per heavy atom. The van der Waals surface area contributed by atoms with E-state index in [9.17, 15) is 18.4 Å². The van der Waals surface area contributed by atoms with Gasteiger partial charge in [0.05, 0.1) is 24.7 Å². The maximum Gasteiger partial charge on any atom is 0.268 e. The molecule has 194 valence electrons. The number of hydrogen-bond acceptors (Lipinski definition) is 7. The molecule has 4 rings (SSSR count). The number of aromatic nitrogens is 2. The second kappa shape index (κ2) is 12.1. The molecule has 0 unspecified atom stereocenters. The minimum Gasteiger partial charge on any atom is -0.475 e. The fraction of sp³-hybridized carbons (Fsp3) is 0.346. The Balaban J connectivity index is 0.00000380. The third-order valence-corrected chi connectivity index (χ3v) is 5.95. The van der Waals surface area contributed by atoms with Crippen LogP contribution in [0.1, 0.15) is 29.6 Å². The Kier molecular flexibility index (Phi) is 9.13. The predicted molar refractivity (Wildman–Crippen MR) is 137 cm³/mol. The topological polar surface area (TPSA) is 105 Å². The number of carbonyl (C=O) groups is 2. The highest BCUT2D eigenvalue weighted by atomic mass is 32.1. The summed E-state index contributed by atoms with van der Waals surface area (Å²) < 4.78 is 37.8. The molecule has 0 spiro atoms. The highest BCUT2D eigenvalue weighted by Crippen LogP contribution is 2.32. The summed E-state index contributed by atoms with van der Waals surface area (Å²) in [6, 6.07) is 11.2. The summed E-state index contributed by atoms with van der Waals surface area (Å²) in [5.41, 5.74) is 2.61. The van der Waals surface area contributed by atoms with Crippen molar-refractivity contribution in [3.8, 4) is 23.1 Å². The minimum absolute atomic E-state index is 0. The van der Waals surface area contributed by atoms with Crippen LogP contribution in [0.3, 0.4) is 0 Å². The number of rotatable bonds is 9. The van der Waals surface area contributed by atoms with Gasteiger partial charge in [-0.05, 0) is 29.8 Å². The summed E-state index contributed by atoms with van der Waals surface area (Å²) in [6.07, 6.45) is 2.06. The molecule has 3 aromatic rings. The molecule has 1 saturated heterocycles. The number of carbonyl (C=O) groups excluding carboxylic acids is 2. The Bertz CT molecular complexity index is 1310. The third-order valence-electron chi connectivity index (χ3n) is 5.95. The highest BCUT2D eigenvalue weighted by molar-refractivity contribution is 7.59. The van der Waals surface area contributed by atoms with E-state index < -0.39 is 30.8 Å². The molecular weight excluding hydrogens is 502 g/mol. The van der Waals surface area contributed by atoms with E-state index in [0.717, 1.165) is 16.0 Å². The van der Waals surface area contributed by atoms with Crippen molar-refractivity contribution < 1.29 is 27.8 Å². The summed E-state index contributed by atoms with van der Waals surface area (Å²) in [5, 5.41) is 9.71. The SMILES string of the molecule is COCCOc1ccc(-c2ccc3nccc(C(=O)CCC(=O)N4CC(F)(F)C[C@H]4C#N)c3c2)cn1.S. The highest BCUT2D eigenvalue weighted by Gasteiger charge is 2.47. The van der Waals surface area contributed by atoms with Gasteiger partial charge in [-0.25, -0.2) is 13.8 Å². The minimum atomic E-state index is -3.10. The molecule has 0 aliphatic carbocycles. The third kappa shape index (κ3) is 6.58. The van der Waals surface area contributed by atoms with Crippen LogP contribution in [0.25, 0.3) is 22.0 Å². The standard InChI is InChI=1S/C26H24F2N4O4.H2S/c1-35-10-11-36-24-6-3-18(15-31-24)17-2-4-22-21(12-17)20(8-9-30-22)23(33)5-7-25(34)32-16-26(27,28)13-19(32)14-29;/h2-4,6,8-9,12,15,19H,5,7,10-11,13,16H2,1H3;1H2/t19-;/m0./s1. The number of benzene rings is 1. The zero-order valence-corrected chi connectivity index (χ0v) is 21.1. The molecule has 1 aliphatic heterocycles. The van der Waals surface area contributed by atoms with Gasteiger partial charge in [0.2, 0.25) is 11.8 Å². The fourth-order valence-corrected chi connectivity index (χ4v) is 4.13. The first-order valence-corrected chi connectivity index (χ1v) is 11.4. The summed E-state index contributed by atoms with van der Waals surface area (Å²) in [6.45, 7) is 0.0345. The number of halogens is 2. The molecule has 1 fully saturated rings. The van der Waals surface area contributed by atoms with Crippen molar-refractivity contribution in [2.24, 2.45) is 0 Å². The molecule has 1 amide bonds. The first-order chi connectivity index (χ1) is 17.3. The van der Waals surface area contributed by atoms with E-state index in [0.29, 0.717) is 35.6 Å². The van der Waals surface area contributed by atoms with Gasteiger partial charge in [-0.3, -0.25) is 14.6 Å². The normalized spacial score (nSPS) is 16.2. The number of pyridine rings is 2. The zero-order valence-electron chi connectivity index (χ0n) is 20.1. The number of ketones is 1. The molecule has 0 bridgehead atoms. The monoisotopic (exact) mass is 528 g/mol. The molecule has 1 atom stereocenters. The molecule has 11 heteroatoms. The van der Waals surface area contributed by atoms with Crippen molar-refractivity contribution in [3.63, 3.8) is 0 Å². The molecule has 0 N–H and O–H groups in total. The second-order valence-corrected chi connectivity index (χ2v) is 8.47. The van der Waals surface area contributed by atoms with Crippen molar-refractivity contribution in [2.75, 3.05) is 26.9 Å². The Hall–Kier alpha value is -3.62. The van der Waals surface area contributed by atoms with Gasteiger partial charge >= 0.3 is 0 Å². The van der Waals surface area contributed by atoms with Gasteiger partial charge in [0.15, 0.2) is 5.78 Å². The van der Waals surface area contributed by atoms with Gasteiger partial charge in [-0.1, -0.05) is 6.07 Å². The summed E-state index contributed by atoms with van der Waals surface area (Å²) in [4.78, 5) is 35.0. The Morgan fingerprint density at radius 3 is 2.62 bits per heavy atom. The van der Waals surface area contributed by atoms with Gasteiger partial charge in [0.1, 0.15) is 12.6 Å². The molecule has 0 radical (unpaired) electrons. The lowest BCUT2D eigenvalue weighted by Crippen LogP contribution is -2.36. The number of Topliss-reactive ketones (excluding diaryl/α,β-unsaturated/α-hetero) is 1. The maximum atomic E-state index is 13.7. The van der Waals surface area contributed by atoms with Gasteiger partial charge in [0.25, 0.3) is 5.92 Å². The number of likely N-dealkylation sites (tertiary alicyclic amines) is 1. The van der Waals surface area contributed by atoms with Crippen molar-refractivity contribution in [1.29, 1.82) is 5.26 Å². The average molecular weight is 529 g/mol. The van der Waals surface area contributed by atoms with Crippen LogP contribution in [0.15, 0.2) is 48.8 Å². The van der Waals surface area contributed by atoms with Gasteiger partial charge in [0, 0.05) is 61.3 Å². The Morgan fingerprint density at radius 2 is 1.92 bits per heavy atom. The number of nitrogens with zero attached hydrogens (tertiary/aromatic N) is 4. The summed E-state index contributed by atoms with van der Waals surface area (Å²) in [5.74, 6) is -3.58. The van der Waals surface area contributed by atoms with Crippen LogP contribution in [0.5, 0.6) is 5.88 Å². The van der Waals surface area contributed by atoms with Crippen LogP contribution in [-0.2, 0) is 9.53 Å². The largest absolute Gasteiger partial charge is 0.475 e. The van der Waals surface area contributed by atoms with Crippen LogP contribution >= 0.6 is 13.5 Å². The van der Waals surface area contributed by atoms with Gasteiger partial charge in [-0.2, -0.15) is 18.8 Å². The average Bonchev–Trinajstić information content (AvgIpc) is 3.21. The lowest BCUT2D eigenvalue weighted by molar-refractivity contribution is -0.132. The van der Waals surface area contributed by atoms with Crippen LogP contribution in [0.4, 0.5) is 8.78 Å². The zero-order chi connectivity index (χ0) is 25.7. The summed E-state index contributed by atoms with van der Waals surface area (Å²) in [7, 11) is 1.59. The van der Waals surface area contributed by atoms with Crippen LogP contribution < -0.4 is 4.74 Å². The molecule has 1 aliphatic rings. The molecule has 37 heavy (non-hydrogen) atoms. The van der Waals surface area contributed by atoms with E-state index >= 15 is 0 Å². The van der Waals surface area contributed by atoms with E-state index in [-0.39, 0.29) is 32.1 Å². The molecule has 0 saturated carbocycles. The van der Waals surface area contributed by atoms with Gasteiger partial charge < -0.3 is 14.4 Å². The van der Waals surface area contributed by atoms with E-state index in [2.05, 4.69) is 9.97 Å². The second-order valence-electron chi connectivity index (χ2n) is 8.47. The first-order valence-electron chi connectivity index (χ1n) is 11.4. The lowest BCUT2D eigenvalue weighted by Gasteiger charge is -2.18. The number of alkyl halides is 2. The van der Waals surface area contributed by atoms with Crippen molar-refractivity contribution in [1.82, 2.24) is 14.9 Å². The van der Waals surface area contributed by atoms with Crippen molar-refractivity contribution >= 4 is 36.1 Å². The van der Waals surface area contributed by atoms with E-state index in [1.165, 1.54) is 6.20 Å². The van der Waals surface area contributed by atoms with Crippen LogP contribution in [0.2, 0.25) is 0 Å². The fourth-order valence-electron chi connectivity index (χ4n) is 4.13. The first kappa shape index (κ1) is 28.0. The molecule has 3 heterocycles. The van der Waals surface area contributed by atoms with Gasteiger partial charge in [-0.15, -0.1) is 0 Å². The number of nitriles is 1. The quantitative estimate of drug-likeness (QED) is 0.303. The number of fused-ring (bicyclic) bond motifs is 1. The molecule has 2 aromatic heterocycles. The lowest BCUT2D eigenvalue weighted by atomic mass is 9.98. The summed E-state index contributed by atoms with van der Waals surface area (Å²) >= 11 is 0. The van der Waals surface area contributed by atoms with Crippen molar-refractivity contribution in [3.05, 3.63) is 54.4 Å². The Labute approximate surface area is 219 Å². The number of hydrogen-bond donors (Lipinski definition) is 0. The van der Waals surface area contributed by atoms with E-state index in [4.69, 9.17) is 14.7 Å². The van der Waals surface area contributed by atoms with E-state index in [1.54, 1.807) is 37.6 Å². The predicted octanol–water partition coefficient (Wildman–Crippen LogP) is 4.16. The number of amides is 1. The maximum absolute atomic E-state index is 13.7. The molecule has 1 aromatic carbocycles. The van der Waals surface area contributed by atoms with Crippen LogP contribution in [-0.4, -0.2) is 65.4 Å². The molecular formula is C26H26F2N4O4S. The number of ether oxygens (including phenoxy) is 2. The molecule has 8 nitrogen and oxygen atoms in total. The van der Waals surface area contributed by atoms with Crippen LogP contribution in [0, 0.1) is 11.3 Å². The van der Waals surface area contributed by atoms with E-state index in [1.807, 2.05) is 18.2 Å².